The second-order valence-corrected chi connectivity index (χ2v) is 9.54. The maximum atomic E-state index is 11.8. The maximum absolute atomic E-state index is 11.8. The van der Waals surface area contributed by atoms with Crippen LogP contribution in [0, 0.1) is 0 Å². The number of rotatable bonds is 9. The number of aliphatic carboxylic acids is 1. The summed E-state index contributed by atoms with van der Waals surface area (Å²) in [5, 5.41) is 19.4. The Kier molecular flexibility index (Phi) is 7.62. The van der Waals surface area contributed by atoms with Crippen molar-refractivity contribution >= 4 is 29.2 Å². The molecule has 0 aliphatic carbocycles. The molecule has 0 radical (unpaired) electrons. The molecule has 10 nitrogen and oxygen atoms in total. The van der Waals surface area contributed by atoms with Crippen molar-refractivity contribution in [2.45, 2.75) is 51.0 Å². The van der Waals surface area contributed by atoms with Crippen molar-refractivity contribution < 1.29 is 9.90 Å². The molecule has 5 rings (SSSR count). The van der Waals surface area contributed by atoms with Gasteiger partial charge in [-0.3, -0.25) is 0 Å². The van der Waals surface area contributed by atoms with Crippen LogP contribution < -0.4 is 20.9 Å². The fourth-order valence-corrected chi connectivity index (χ4v) is 5.14. The van der Waals surface area contributed by atoms with Crippen LogP contribution in [0.1, 0.15) is 48.9 Å². The van der Waals surface area contributed by atoms with Gasteiger partial charge in [-0.05, 0) is 55.9 Å². The van der Waals surface area contributed by atoms with Crippen LogP contribution >= 0.6 is 0 Å². The number of aromatic nitrogens is 4. The summed E-state index contributed by atoms with van der Waals surface area (Å²) >= 11 is 0. The van der Waals surface area contributed by atoms with Gasteiger partial charge in [0.2, 0.25) is 0 Å². The second-order valence-electron chi connectivity index (χ2n) is 9.54. The topological polar surface area (TPSA) is 128 Å². The third-order valence-corrected chi connectivity index (χ3v) is 7.16. The minimum Gasteiger partial charge on any atom is -0.480 e. The highest BCUT2D eigenvalue weighted by molar-refractivity contribution is 5.78. The Morgan fingerprint density at radius 2 is 2.05 bits per heavy atom. The number of hydrogen-bond acceptors (Lipinski definition) is 9. The van der Waals surface area contributed by atoms with E-state index in [-0.39, 0.29) is 6.54 Å². The van der Waals surface area contributed by atoms with E-state index in [1.54, 1.807) is 24.7 Å². The molecule has 37 heavy (non-hydrogen) atoms. The molecule has 10 heteroatoms. The van der Waals surface area contributed by atoms with E-state index in [0.29, 0.717) is 17.6 Å². The summed E-state index contributed by atoms with van der Waals surface area (Å²) in [6.45, 7) is 5.01. The number of aryl methyl sites for hydroxylation is 1. The molecule has 1 unspecified atom stereocenters. The zero-order valence-corrected chi connectivity index (χ0v) is 21.2. The number of nitrogens with zero attached hydrogens (tertiary/aromatic N) is 5. The van der Waals surface area contributed by atoms with Gasteiger partial charge in [0.25, 0.3) is 0 Å². The standard InChI is InChI=1S/C27H34N8O2/c1-2-20-25(30-16-22(27(36)37)33-23-7-3-4-12-28-23)31-17-32-26(20)35-14-10-18(11-15-35)21-9-8-19-6-5-13-29-24(19)34-21/h3-4,7-9,12,17-18,22H,2,5-6,10-11,13-16H2,1H3,(H,28,33)(H,29,34)(H,36,37)(H,30,31,32). The molecule has 3 aromatic heterocycles. The lowest BCUT2D eigenvalue weighted by Crippen LogP contribution is -2.37. The van der Waals surface area contributed by atoms with Gasteiger partial charge >= 0.3 is 5.97 Å². The second kappa shape index (κ2) is 11.4. The van der Waals surface area contributed by atoms with Crippen LogP contribution in [-0.4, -0.2) is 63.2 Å². The SMILES string of the molecule is CCc1c(NCC(Nc2ccccn2)C(=O)O)ncnc1N1CCC(c2ccc3c(n2)NCCC3)CC1. The molecule has 5 heterocycles. The summed E-state index contributed by atoms with van der Waals surface area (Å²) in [7, 11) is 0. The third kappa shape index (κ3) is 5.73. The summed E-state index contributed by atoms with van der Waals surface area (Å²) in [6.07, 6.45) is 8.21. The van der Waals surface area contributed by atoms with Crippen LogP contribution in [0.3, 0.4) is 0 Å². The first-order valence-electron chi connectivity index (χ1n) is 13.1. The lowest BCUT2D eigenvalue weighted by atomic mass is 9.92. The van der Waals surface area contributed by atoms with Gasteiger partial charge < -0.3 is 26.0 Å². The quantitative estimate of drug-likeness (QED) is 0.345. The summed E-state index contributed by atoms with van der Waals surface area (Å²) in [4.78, 5) is 32.3. The molecule has 194 valence electrons. The Hall–Kier alpha value is -3.95. The molecule has 0 bridgehead atoms. The first-order chi connectivity index (χ1) is 18.1. The van der Waals surface area contributed by atoms with E-state index >= 15 is 0 Å². The molecule has 0 amide bonds. The largest absolute Gasteiger partial charge is 0.480 e. The van der Waals surface area contributed by atoms with E-state index in [1.165, 1.54) is 17.7 Å². The van der Waals surface area contributed by atoms with Crippen molar-refractivity contribution in [3.05, 3.63) is 59.7 Å². The van der Waals surface area contributed by atoms with Gasteiger partial charge in [-0.15, -0.1) is 0 Å². The number of carbonyl (C=O) groups is 1. The highest BCUT2D eigenvalue weighted by Gasteiger charge is 2.26. The first kappa shape index (κ1) is 24.7. The number of hydrogen-bond donors (Lipinski definition) is 4. The molecule has 1 saturated heterocycles. The Morgan fingerprint density at radius 1 is 1.19 bits per heavy atom. The van der Waals surface area contributed by atoms with Gasteiger partial charge in [-0.25, -0.2) is 24.7 Å². The normalized spacial score (nSPS) is 16.4. The number of carboxylic acid groups (broad SMARTS) is 1. The summed E-state index contributed by atoms with van der Waals surface area (Å²) in [5.74, 6) is 2.64. The van der Waals surface area contributed by atoms with E-state index in [0.717, 1.165) is 62.5 Å². The number of fused-ring (bicyclic) bond motifs is 1. The molecule has 1 fully saturated rings. The van der Waals surface area contributed by atoms with E-state index in [2.05, 4.69) is 54.9 Å². The fraction of sp³-hybridized carbons (Fsp3) is 0.444. The lowest BCUT2D eigenvalue weighted by molar-refractivity contribution is -0.137. The van der Waals surface area contributed by atoms with E-state index in [4.69, 9.17) is 4.98 Å². The van der Waals surface area contributed by atoms with E-state index in [9.17, 15) is 9.90 Å². The molecular weight excluding hydrogens is 468 g/mol. The van der Waals surface area contributed by atoms with Crippen LogP contribution in [0.5, 0.6) is 0 Å². The Labute approximate surface area is 217 Å². The smallest absolute Gasteiger partial charge is 0.328 e. The van der Waals surface area contributed by atoms with Crippen molar-refractivity contribution in [1.82, 2.24) is 19.9 Å². The molecule has 0 saturated carbocycles. The molecule has 3 aromatic rings. The summed E-state index contributed by atoms with van der Waals surface area (Å²) in [5.41, 5.74) is 3.49. The molecular formula is C27H34N8O2. The number of pyridine rings is 2. The lowest BCUT2D eigenvalue weighted by Gasteiger charge is -2.34. The highest BCUT2D eigenvalue weighted by Crippen LogP contribution is 2.33. The predicted octanol–water partition coefficient (Wildman–Crippen LogP) is 3.55. The van der Waals surface area contributed by atoms with E-state index in [1.807, 2.05) is 6.07 Å². The van der Waals surface area contributed by atoms with Crippen LogP contribution in [0.25, 0.3) is 0 Å². The third-order valence-electron chi connectivity index (χ3n) is 7.16. The van der Waals surface area contributed by atoms with Crippen molar-refractivity contribution in [1.29, 1.82) is 0 Å². The van der Waals surface area contributed by atoms with Gasteiger partial charge in [0.1, 0.15) is 35.6 Å². The molecule has 0 spiro atoms. The number of carboxylic acids is 1. The highest BCUT2D eigenvalue weighted by atomic mass is 16.4. The van der Waals surface area contributed by atoms with Crippen molar-refractivity contribution in [3.63, 3.8) is 0 Å². The molecule has 1 atom stereocenters. The average molecular weight is 503 g/mol. The number of piperidine rings is 1. The molecule has 2 aliphatic rings. The molecule has 4 N–H and O–H groups in total. The van der Waals surface area contributed by atoms with Crippen LogP contribution in [0.4, 0.5) is 23.3 Å². The zero-order valence-electron chi connectivity index (χ0n) is 21.2. The fourth-order valence-electron chi connectivity index (χ4n) is 5.14. The Bertz CT molecular complexity index is 1210. The zero-order chi connectivity index (χ0) is 25.6. The van der Waals surface area contributed by atoms with Gasteiger partial charge in [0.05, 0.1) is 0 Å². The number of anilines is 4. The minimum atomic E-state index is -0.960. The number of nitrogens with one attached hydrogen (secondary N) is 3. The summed E-state index contributed by atoms with van der Waals surface area (Å²) < 4.78 is 0. The van der Waals surface area contributed by atoms with E-state index < -0.39 is 12.0 Å². The molecule has 2 aliphatic heterocycles. The van der Waals surface area contributed by atoms with Crippen molar-refractivity contribution in [2.24, 2.45) is 0 Å². The first-order valence-corrected chi connectivity index (χ1v) is 13.1. The van der Waals surface area contributed by atoms with Crippen LogP contribution in [-0.2, 0) is 17.6 Å². The monoisotopic (exact) mass is 502 g/mol. The van der Waals surface area contributed by atoms with Gasteiger partial charge in [0, 0.05) is 49.6 Å². The van der Waals surface area contributed by atoms with Crippen molar-refractivity contribution in [2.75, 3.05) is 47.0 Å². The average Bonchev–Trinajstić information content (AvgIpc) is 2.95. The van der Waals surface area contributed by atoms with Gasteiger partial charge in [-0.1, -0.05) is 19.1 Å². The van der Waals surface area contributed by atoms with Crippen LogP contribution in [0.2, 0.25) is 0 Å². The summed E-state index contributed by atoms with van der Waals surface area (Å²) in [6, 6.07) is 8.94. The van der Waals surface area contributed by atoms with Crippen LogP contribution in [0.15, 0.2) is 42.9 Å². The predicted molar refractivity (Wildman–Crippen MR) is 144 cm³/mol. The minimum absolute atomic E-state index is 0.162. The van der Waals surface area contributed by atoms with Gasteiger partial charge in [0.15, 0.2) is 0 Å². The Balaban J connectivity index is 1.24. The van der Waals surface area contributed by atoms with Gasteiger partial charge in [-0.2, -0.15) is 0 Å². The van der Waals surface area contributed by atoms with Crippen molar-refractivity contribution in [3.8, 4) is 0 Å². The Morgan fingerprint density at radius 3 is 2.81 bits per heavy atom. The maximum Gasteiger partial charge on any atom is 0.328 e. The molecule has 0 aromatic carbocycles.